The monoisotopic (exact) mass is 612 g/mol. The summed E-state index contributed by atoms with van der Waals surface area (Å²) in [7, 11) is 0. The third kappa shape index (κ3) is 4.50. The molecule has 0 N–H and O–H groups in total. The molecule has 0 amide bonds. The Balaban J connectivity index is 1.04. The van der Waals surface area contributed by atoms with Crippen molar-refractivity contribution < 1.29 is 0 Å². The van der Waals surface area contributed by atoms with Gasteiger partial charge in [0.25, 0.3) is 0 Å². The highest BCUT2D eigenvalue weighted by Gasteiger charge is 2.15. The second-order valence-electron chi connectivity index (χ2n) is 12.2. The molecule has 0 spiro atoms. The lowest BCUT2D eigenvalue weighted by atomic mass is 9.91. The van der Waals surface area contributed by atoms with Crippen LogP contribution in [0.15, 0.2) is 176 Å². The lowest BCUT2D eigenvalue weighted by Gasteiger charge is -2.13. The van der Waals surface area contributed by atoms with Gasteiger partial charge in [0.05, 0.1) is 34.1 Å². The van der Waals surface area contributed by atoms with E-state index in [-0.39, 0.29) is 0 Å². The molecule has 0 aromatic heterocycles. The fourth-order valence-corrected chi connectivity index (χ4v) is 6.72. The molecule has 0 radical (unpaired) electrons. The zero-order valence-electron chi connectivity index (χ0n) is 25.5. The molecule has 3 aliphatic rings. The Bertz CT molecular complexity index is 2230. The maximum absolute atomic E-state index is 4.33. The molecule has 10 rings (SSSR count). The summed E-state index contributed by atoms with van der Waals surface area (Å²) in [6.07, 6.45) is 0. The van der Waals surface area contributed by atoms with Gasteiger partial charge in [0.2, 0.25) is 0 Å². The molecule has 6 bridgehead atoms. The van der Waals surface area contributed by atoms with E-state index < -0.39 is 0 Å². The molecule has 0 saturated heterocycles. The molecule has 0 aliphatic carbocycles. The van der Waals surface area contributed by atoms with Crippen molar-refractivity contribution in [1.82, 2.24) is 0 Å². The number of rotatable bonds is 6. The standard InChI is InChI=1S/C42H24N6/c1-7-28(37-16-13-34-22-40(37)46-43-34)8-2-25(1)31-19-32(26-3-9-29(10-4-26)38-17-14-35-23-41(38)47-44-35)21-33(20-31)27-5-11-30(12-6-27)39-18-15-36-24-42(39)48-45-36/h1-24H. The van der Waals surface area contributed by atoms with E-state index in [1.165, 1.54) is 0 Å². The third-order valence-electron chi connectivity index (χ3n) is 9.28. The average molecular weight is 613 g/mol. The minimum absolute atomic E-state index is 0.904. The average Bonchev–Trinajstić information content (AvgIpc) is 3.84. The van der Waals surface area contributed by atoms with Gasteiger partial charge in [0.15, 0.2) is 0 Å². The number of benzene rings is 7. The largest absolute Gasteiger partial charge is 0.150 e. The molecule has 6 heteroatoms. The van der Waals surface area contributed by atoms with Gasteiger partial charge in [0, 0.05) is 16.7 Å². The second kappa shape index (κ2) is 10.4. The van der Waals surface area contributed by atoms with Crippen molar-refractivity contribution in [1.29, 1.82) is 0 Å². The first-order chi connectivity index (χ1) is 23.7. The zero-order chi connectivity index (χ0) is 31.6. The Morgan fingerprint density at radius 2 is 0.479 bits per heavy atom. The van der Waals surface area contributed by atoms with Gasteiger partial charge < -0.3 is 0 Å². The molecule has 0 unspecified atom stereocenters. The van der Waals surface area contributed by atoms with Crippen LogP contribution in [0, 0.1) is 0 Å². The van der Waals surface area contributed by atoms with Crippen LogP contribution in [-0.2, 0) is 0 Å². The topological polar surface area (TPSA) is 74.2 Å². The van der Waals surface area contributed by atoms with Crippen molar-refractivity contribution in [2.75, 3.05) is 0 Å². The first-order valence-electron chi connectivity index (χ1n) is 15.9. The lowest BCUT2D eigenvalue weighted by molar-refractivity contribution is 1.31. The number of fused-ring (bicyclic) bond motifs is 6. The van der Waals surface area contributed by atoms with E-state index in [0.717, 1.165) is 101 Å². The minimum atomic E-state index is 0.904. The van der Waals surface area contributed by atoms with E-state index in [1.54, 1.807) is 0 Å². The molecule has 0 atom stereocenters. The summed E-state index contributed by atoms with van der Waals surface area (Å²) < 4.78 is 0. The van der Waals surface area contributed by atoms with Gasteiger partial charge in [0.1, 0.15) is 0 Å². The minimum Gasteiger partial charge on any atom is -0.150 e. The van der Waals surface area contributed by atoms with Gasteiger partial charge in [-0.05, 0) is 123 Å². The van der Waals surface area contributed by atoms with E-state index in [9.17, 15) is 0 Å². The first kappa shape index (κ1) is 26.5. The van der Waals surface area contributed by atoms with Crippen LogP contribution in [0.2, 0.25) is 0 Å². The predicted octanol–water partition coefficient (Wildman–Crippen LogP) is 13.9. The Morgan fingerprint density at radius 1 is 0.208 bits per heavy atom. The molecule has 3 aliphatic heterocycles. The fourth-order valence-electron chi connectivity index (χ4n) is 6.72. The molecule has 222 valence electrons. The summed E-state index contributed by atoms with van der Waals surface area (Å²) in [6.45, 7) is 0. The fraction of sp³-hybridized carbons (Fsp3) is 0. The molecule has 3 heterocycles. The van der Waals surface area contributed by atoms with Crippen LogP contribution in [0.1, 0.15) is 0 Å². The molecule has 7 aromatic carbocycles. The van der Waals surface area contributed by atoms with Crippen LogP contribution >= 0.6 is 0 Å². The Labute approximate surface area is 276 Å². The zero-order valence-corrected chi connectivity index (χ0v) is 25.5. The van der Waals surface area contributed by atoms with Crippen molar-refractivity contribution in [3.05, 3.63) is 146 Å². The van der Waals surface area contributed by atoms with Gasteiger partial charge in [-0.2, -0.15) is 15.3 Å². The van der Waals surface area contributed by atoms with Crippen molar-refractivity contribution in [2.45, 2.75) is 0 Å². The number of nitrogens with zero attached hydrogens (tertiary/aromatic N) is 6. The summed E-state index contributed by atoms with van der Waals surface area (Å²) in [5.74, 6) is 0. The highest BCUT2D eigenvalue weighted by Crippen LogP contribution is 2.43. The molecule has 0 saturated carbocycles. The summed E-state index contributed by atoms with van der Waals surface area (Å²) >= 11 is 0. The van der Waals surface area contributed by atoms with Crippen molar-refractivity contribution >= 4 is 34.1 Å². The molecular weight excluding hydrogens is 589 g/mol. The highest BCUT2D eigenvalue weighted by atomic mass is 15.1. The van der Waals surface area contributed by atoms with E-state index in [2.05, 4.69) is 140 Å². The van der Waals surface area contributed by atoms with E-state index in [0.29, 0.717) is 0 Å². The predicted molar refractivity (Wildman–Crippen MR) is 192 cm³/mol. The van der Waals surface area contributed by atoms with Gasteiger partial charge in [-0.1, -0.05) is 72.8 Å². The van der Waals surface area contributed by atoms with Crippen molar-refractivity contribution in [2.24, 2.45) is 30.7 Å². The van der Waals surface area contributed by atoms with Gasteiger partial charge in [-0.3, -0.25) is 0 Å². The smallest absolute Gasteiger partial charge is 0.0957 e. The Kier molecular flexibility index (Phi) is 5.77. The highest BCUT2D eigenvalue weighted by molar-refractivity contribution is 5.87. The summed E-state index contributed by atoms with van der Waals surface area (Å²) in [5.41, 5.74) is 19.0. The second-order valence-corrected chi connectivity index (χ2v) is 12.2. The maximum atomic E-state index is 4.33. The van der Waals surface area contributed by atoms with Crippen LogP contribution in [0.3, 0.4) is 0 Å². The summed E-state index contributed by atoms with van der Waals surface area (Å²) in [6, 6.07) is 51.4. The number of azo groups is 3. The lowest BCUT2D eigenvalue weighted by Crippen LogP contribution is -1.88. The van der Waals surface area contributed by atoms with E-state index in [1.807, 2.05) is 36.4 Å². The van der Waals surface area contributed by atoms with Crippen LogP contribution in [-0.4, -0.2) is 0 Å². The van der Waals surface area contributed by atoms with Crippen LogP contribution in [0.25, 0.3) is 66.8 Å². The SMILES string of the molecule is c1cc(-c2ccc(-c3cc(-c4ccc(-c5ccc6cc5N=N6)cc4)cc(-c4ccc(-c5ccc6cc5N=N6)cc4)c3)cc2)c2cc1N=N2. The third-order valence-corrected chi connectivity index (χ3v) is 9.28. The molecule has 6 nitrogen and oxygen atoms in total. The van der Waals surface area contributed by atoms with Gasteiger partial charge in [-0.15, -0.1) is 15.3 Å². The quantitative estimate of drug-likeness (QED) is 0.179. The molecule has 7 aromatic rings. The number of hydrogen-bond acceptors (Lipinski definition) is 6. The first-order valence-corrected chi connectivity index (χ1v) is 15.9. The molecular formula is C42H24N6. The van der Waals surface area contributed by atoms with Crippen molar-refractivity contribution in [3.8, 4) is 66.8 Å². The normalized spacial score (nSPS) is 12.8. The molecule has 0 fully saturated rings. The summed E-state index contributed by atoms with van der Waals surface area (Å²) in [5, 5.41) is 25.6. The summed E-state index contributed by atoms with van der Waals surface area (Å²) in [4.78, 5) is 0. The van der Waals surface area contributed by atoms with Crippen LogP contribution in [0.4, 0.5) is 34.1 Å². The molecule has 48 heavy (non-hydrogen) atoms. The van der Waals surface area contributed by atoms with Gasteiger partial charge >= 0.3 is 0 Å². The maximum Gasteiger partial charge on any atom is 0.0957 e. The number of hydrogen-bond donors (Lipinski definition) is 0. The van der Waals surface area contributed by atoms with E-state index >= 15 is 0 Å². The van der Waals surface area contributed by atoms with Crippen LogP contribution < -0.4 is 0 Å². The Morgan fingerprint density at radius 3 is 0.771 bits per heavy atom. The van der Waals surface area contributed by atoms with Gasteiger partial charge in [-0.25, -0.2) is 0 Å². The van der Waals surface area contributed by atoms with Crippen LogP contribution in [0.5, 0.6) is 0 Å². The van der Waals surface area contributed by atoms with Crippen molar-refractivity contribution in [3.63, 3.8) is 0 Å². The Hall–Kier alpha value is -6.66. The van der Waals surface area contributed by atoms with E-state index in [4.69, 9.17) is 0 Å².